The highest BCUT2D eigenvalue weighted by Gasteiger charge is 2.46. The number of carbonyl (C=O) groups excluding carboxylic acids is 1. The van der Waals surface area contributed by atoms with Crippen LogP contribution in [0, 0.1) is 5.92 Å². The van der Waals surface area contributed by atoms with Crippen LogP contribution >= 0.6 is 0 Å². The summed E-state index contributed by atoms with van der Waals surface area (Å²) < 4.78 is 41.5. The largest absolute Gasteiger partial charge is 0.573 e. The highest BCUT2D eigenvalue weighted by atomic mass is 19.4. The van der Waals surface area contributed by atoms with E-state index in [1.165, 1.54) is 17.7 Å². The average molecular weight is 340 g/mol. The molecule has 1 aliphatic heterocycles. The van der Waals surface area contributed by atoms with Gasteiger partial charge in [0.15, 0.2) is 0 Å². The van der Waals surface area contributed by atoms with Gasteiger partial charge in [0.25, 0.3) is 0 Å². The zero-order valence-electron chi connectivity index (χ0n) is 13.0. The molecule has 0 bridgehead atoms. The normalized spacial score (nSPS) is 23.4. The van der Waals surface area contributed by atoms with Crippen LogP contribution in [-0.4, -0.2) is 31.9 Å². The number of hydrogen-bond acceptors (Lipinski definition) is 3. The van der Waals surface area contributed by atoms with E-state index in [0.717, 1.165) is 19.5 Å². The molecule has 0 radical (unpaired) electrons. The minimum absolute atomic E-state index is 0.110. The predicted molar refractivity (Wildman–Crippen MR) is 82.6 cm³/mol. The van der Waals surface area contributed by atoms with Crippen LogP contribution in [0.15, 0.2) is 35.9 Å². The quantitative estimate of drug-likeness (QED) is 0.811. The number of rotatable bonds is 5. The Morgan fingerprint density at radius 3 is 2.83 bits per heavy atom. The Hall–Kier alpha value is -2.02. The van der Waals surface area contributed by atoms with E-state index in [1.807, 2.05) is 0 Å². The molecule has 1 aromatic carbocycles. The third kappa shape index (κ3) is 4.29. The average Bonchev–Trinajstić information content (AvgIpc) is 3.33. The molecule has 1 aliphatic carbocycles. The van der Waals surface area contributed by atoms with Gasteiger partial charge in [-0.1, -0.05) is 29.8 Å². The Balaban J connectivity index is 1.58. The summed E-state index contributed by atoms with van der Waals surface area (Å²) in [5.41, 5.74) is 1.62. The molecule has 1 aromatic rings. The van der Waals surface area contributed by atoms with E-state index in [-0.39, 0.29) is 23.5 Å². The number of alkyl halides is 3. The van der Waals surface area contributed by atoms with Crippen molar-refractivity contribution in [1.29, 1.82) is 0 Å². The second-order valence-electron chi connectivity index (χ2n) is 6.07. The van der Waals surface area contributed by atoms with Crippen molar-refractivity contribution in [3.8, 4) is 5.75 Å². The number of amides is 1. The summed E-state index contributed by atoms with van der Waals surface area (Å²) in [7, 11) is 0. The summed E-state index contributed by atoms with van der Waals surface area (Å²) in [6, 6.07) is 6.03. The molecule has 2 unspecified atom stereocenters. The van der Waals surface area contributed by atoms with Gasteiger partial charge in [-0.25, -0.2) is 0 Å². The van der Waals surface area contributed by atoms with Crippen molar-refractivity contribution in [3.05, 3.63) is 41.5 Å². The van der Waals surface area contributed by atoms with Crippen LogP contribution in [0.3, 0.4) is 0 Å². The summed E-state index contributed by atoms with van der Waals surface area (Å²) in [6.07, 6.45) is -1.23. The SMILES string of the molecule is O=C(NCC1=CCNCC1)C1CC1c1ccccc1OC(F)(F)F. The second-order valence-corrected chi connectivity index (χ2v) is 6.07. The lowest BCUT2D eigenvalue weighted by Gasteiger charge is -2.15. The van der Waals surface area contributed by atoms with Gasteiger partial charge in [0.2, 0.25) is 5.91 Å². The lowest BCUT2D eigenvalue weighted by atomic mass is 10.1. The number of ether oxygens (including phenoxy) is 1. The fourth-order valence-electron chi connectivity index (χ4n) is 2.99. The summed E-state index contributed by atoms with van der Waals surface area (Å²) in [5.74, 6) is -0.830. The molecule has 1 fully saturated rings. The number of hydrogen-bond donors (Lipinski definition) is 2. The molecule has 24 heavy (non-hydrogen) atoms. The molecule has 7 heteroatoms. The summed E-state index contributed by atoms with van der Waals surface area (Å²) in [5, 5.41) is 6.08. The summed E-state index contributed by atoms with van der Waals surface area (Å²) in [4.78, 5) is 12.2. The van der Waals surface area contributed by atoms with Gasteiger partial charge in [-0.15, -0.1) is 13.2 Å². The fourth-order valence-corrected chi connectivity index (χ4v) is 2.99. The molecular formula is C17H19F3N2O2. The summed E-state index contributed by atoms with van der Waals surface area (Å²) >= 11 is 0. The Morgan fingerprint density at radius 2 is 2.12 bits per heavy atom. The van der Waals surface area contributed by atoms with Gasteiger partial charge in [-0.3, -0.25) is 4.79 Å². The number of nitrogens with one attached hydrogen (secondary N) is 2. The Labute approximate surface area is 138 Å². The fraction of sp³-hybridized carbons (Fsp3) is 0.471. The molecule has 1 amide bonds. The van der Waals surface area contributed by atoms with Crippen molar-refractivity contribution < 1.29 is 22.7 Å². The third-order valence-corrected chi connectivity index (χ3v) is 4.32. The molecule has 130 valence electrons. The summed E-state index contributed by atoms with van der Waals surface area (Å²) in [6.45, 7) is 2.21. The first-order chi connectivity index (χ1) is 11.4. The standard InChI is InChI=1S/C17H19F3N2O2/c18-17(19,20)24-15-4-2-1-3-12(15)13-9-14(13)16(23)22-10-11-5-7-21-8-6-11/h1-5,13-14,21H,6-10H2,(H,22,23). The van der Waals surface area contributed by atoms with Crippen molar-refractivity contribution >= 4 is 5.91 Å². The zero-order chi connectivity index (χ0) is 17.2. The second kappa shape index (κ2) is 6.84. The van der Waals surface area contributed by atoms with Gasteiger partial charge < -0.3 is 15.4 Å². The first-order valence-corrected chi connectivity index (χ1v) is 7.95. The van der Waals surface area contributed by atoms with Crippen LogP contribution in [0.5, 0.6) is 5.75 Å². The molecule has 0 spiro atoms. The Bertz CT molecular complexity index is 643. The lowest BCUT2D eigenvalue weighted by molar-refractivity contribution is -0.274. The molecule has 0 saturated heterocycles. The third-order valence-electron chi connectivity index (χ3n) is 4.32. The van der Waals surface area contributed by atoms with Gasteiger partial charge >= 0.3 is 6.36 Å². The lowest BCUT2D eigenvalue weighted by Crippen LogP contribution is -2.30. The maximum atomic E-state index is 12.5. The van der Waals surface area contributed by atoms with Crippen molar-refractivity contribution in [3.63, 3.8) is 0 Å². The monoisotopic (exact) mass is 340 g/mol. The van der Waals surface area contributed by atoms with Gasteiger partial charge in [-0.2, -0.15) is 0 Å². The van der Waals surface area contributed by atoms with Crippen LogP contribution in [0.25, 0.3) is 0 Å². The van der Waals surface area contributed by atoms with E-state index < -0.39 is 6.36 Å². The highest BCUT2D eigenvalue weighted by Crippen LogP contribution is 2.51. The van der Waals surface area contributed by atoms with Crippen molar-refractivity contribution in [2.75, 3.05) is 19.6 Å². The first kappa shape index (κ1) is 16.8. The van der Waals surface area contributed by atoms with Crippen molar-refractivity contribution in [1.82, 2.24) is 10.6 Å². The van der Waals surface area contributed by atoms with Gasteiger partial charge in [-0.05, 0) is 36.9 Å². The van der Waals surface area contributed by atoms with E-state index in [2.05, 4.69) is 21.4 Å². The van der Waals surface area contributed by atoms with E-state index in [1.54, 1.807) is 12.1 Å². The van der Waals surface area contributed by atoms with Crippen LogP contribution in [0.4, 0.5) is 13.2 Å². The van der Waals surface area contributed by atoms with Crippen LogP contribution in [-0.2, 0) is 4.79 Å². The molecule has 2 N–H and O–H groups in total. The maximum Gasteiger partial charge on any atom is 0.573 e. The van der Waals surface area contributed by atoms with E-state index in [0.29, 0.717) is 18.5 Å². The van der Waals surface area contributed by atoms with Crippen LogP contribution in [0.1, 0.15) is 24.3 Å². The van der Waals surface area contributed by atoms with E-state index >= 15 is 0 Å². The smallest absolute Gasteiger partial charge is 0.405 e. The van der Waals surface area contributed by atoms with Gasteiger partial charge in [0.05, 0.1) is 0 Å². The number of halogens is 3. The highest BCUT2D eigenvalue weighted by molar-refractivity contribution is 5.83. The topological polar surface area (TPSA) is 50.4 Å². The minimum Gasteiger partial charge on any atom is -0.405 e. The Morgan fingerprint density at radius 1 is 1.33 bits per heavy atom. The van der Waals surface area contributed by atoms with Crippen LogP contribution in [0.2, 0.25) is 0 Å². The van der Waals surface area contributed by atoms with E-state index in [9.17, 15) is 18.0 Å². The molecule has 4 nitrogen and oxygen atoms in total. The zero-order valence-corrected chi connectivity index (χ0v) is 13.0. The predicted octanol–water partition coefficient (Wildman–Crippen LogP) is 2.72. The molecule has 1 heterocycles. The number of para-hydroxylation sites is 1. The molecule has 2 atom stereocenters. The van der Waals surface area contributed by atoms with Gasteiger partial charge in [0.1, 0.15) is 5.75 Å². The molecular weight excluding hydrogens is 321 g/mol. The molecule has 0 aromatic heterocycles. The molecule has 3 rings (SSSR count). The minimum atomic E-state index is -4.73. The number of carbonyl (C=O) groups is 1. The molecule has 1 saturated carbocycles. The molecule has 2 aliphatic rings. The van der Waals surface area contributed by atoms with Crippen LogP contribution < -0.4 is 15.4 Å². The first-order valence-electron chi connectivity index (χ1n) is 7.95. The maximum absolute atomic E-state index is 12.5. The van der Waals surface area contributed by atoms with Crippen molar-refractivity contribution in [2.45, 2.75) is 25.1 Å². The van der Waals surface area contributed by atoms with E-state index in [4.69, 9.17) is 0 Å². The van der Waals surface area contributed by atoms with Gasteiger partial charge in [0, 0.05) is 19.0 Å². The Kier molecular flexibility index (Phi) is 4.80. The van der Waals surface area contributed by atoms with Crippen molar-refractivity contribution in [2.24, 2.45) is 5.92 Å². The number of benzene rings is 1.